The standard InChI is InChI=1S/C25H26N6O/c1-3-5-9-21-18-30(16-6-4-2)25(32)31(21)17-19-12-14-20(15-13-19)22-10-7-8-11-23(22)24-26-28-29-27-24/h7-8,10-15,18H,4,6,9,16-17H2,1-2H3,(H,26,27,28,29). The van der Waals surface area contributed by atoms with E-state index in [2.05, 4.69) is 63.7 Å². The van der Waals surface area contributed by atoms with Crippen molar-refractivity contribution in [2.24, 2.45) is 0 Å². The third-order valence-corrected chi connectivity index (χ3v) is 5.45. The molecule has 7 heteroatoms. The number of hydrogen-bond donors (Lipinski definition) is 1. The van der Waals surface area contributed by atoms with Crippen LogP contribution in [0.25, 0.3) is 22.5 Å². The number of H-pyrrole nitrogens is 1. The van der Waals surface area contributed by atoms with Crippen LogP contribution in [0.3, 0.4) is 0 Å². The maximum Gasteiger partial charge on any atom is 0.328 e. The molecule has 32 heavy (non-hydrogen) atoms. The number of imidazole rings is 1. The quantitative estimate of drug-likeness (QED) is 0.433. The Morgan fingerprint density at radius 2 is 1.84 bits per heavy atom. The molecule has 0 spiro atoms. The molecule has 0 bridgehead atoms. The van der Waals surface area contributed by atoms with Gasteiger partial charge in [0.2, 0.25) is 5.82 Å². The van der Waals surface area contributed by atoms with Gasteiger partial charge in [-0.15, -0.1) is 16.1 Å². The van der Waals surface area contributed by atoms with Gasteiger partial charge in [0.05, 0.1) is 18.7 Å². The second-order valence-electron chi connectivity index (χ2n) is 7.62. The van der Waals surface area contributed by atoms with Crippen LogP contribution in [0.15, 0.2) is 59.5 Å². The molecule has 2 aromatic carbocycles. The lowest BCUT2D eigenvalue weighted by Crippen LogP contribution is -2.25. The first-order valence-electron chi connectivity index (χ1n) is 10.8. The van der Waals surface area contributed by atoms with Crippen LogP contribution in [0.5, 0.6) is 0 Å². The topological polar surface area (TPSA) is 81.4 Å². The Kier molecular flexibility index (Phi) is 6.61. The minimum Gasteiger partial charge on any atom is -0.299 e. The van der Waals surface area contributed by atoms with Crippen molar-refractivity contribution >= 4 is 0 Å². The molecule has 0 amide bonds. The Labute approximate surface area is 187 Å². The molecule has 2 aromatic heterocycles. The molecule has 0 saturated heterocycles. The smallest absolute Gasteiger partial charge is 0.299 e. The van der Waals surface area contributed by atoms with E-state index in [4.69, 9.17) is 0 Å². The molecule has 162 valence electrons. The van der Waals surface area contributed by atoms with Crippen LogP contribution in [0.1, 0.15) is 37.9 Å². The molecule has 0 radical (unpaired) electrons. The van der Waals surface area contributed by atoms with Crippen molar-refractivity contribution in [2.45, 2.75) is 46.2 Å². The number of aryl methyl sites for hydroxylation is 1. The number of nitrogens with zero attached hydrogens (tertiary/aromatic N) is 5. The molecule has 2 heterocycles. The summed E-state index contributed by atoms with van der Waals surface area (Å²) in [5.41, 5.74) is 5.04. The predicted molar refractivity (Wildman–Crippen MR) is 125 cm³/mol. The van der Waals surface area contributed by atoms with E-state index in [0.29, 0.717) is 18.8 Å². The number of benzene rings is 2. The summed E-state index contributed by atoms with van der Waals surface area (Å²) < 4.78 is 3.65. The first-order chi connectivity index (χ1) is 15.7. The molecule has 0 aliphatic carbocycles. The highest BCUT2D eigenvalue weighted by molar-refractivity contribution is 5.80. The van der Waals surface area contributed by atoms with Gasteiger partial charge in [-0.25, -0.2) is 4.79 Å². The van der Waals surface area contributed by atoms with E-state index in [1.807, 2.05) is 46.5 Å². The van der Waals surface area contributed by atoms with E-state index >= 15 is 0 Å². The summed E-state index contributed by atoms with van der Waals surface area (Å²) in [6.45, 7) is 5.21. The molecule has 7 nitrogen and oxygen atoms in total. The normalized spacial score (nSPS) is 10.7. The lowest BCUT2D eigenvalue weighted by molar-refractivity contribution is 0.593. The van der Waals surface area contributed by atoms with Gasteiger partial charge in [0.25, 0.3) is 0 Å². The third kappa shape index (κ3) is 4.54. The minimum atomic E-state index is 0.0258. The van der Waals surface area contributed by atoms with Crippen LogP contribution in [0.4, 0.5) is 0 Å². The van der Waals surface area contributed by atoms with Crippen molar-refractivity contribution in [1.29, 1.82) is 0 Å². The number of aromatic amines is 1. The molecule has 4 aromatic rings. The van der Waals surface area contributed by atoms with Gasteiger partial charge >= 0.3 is 5.69 Å². The van der Waals surface area contributed by atoms with Gasteiger partial charge in [-0.05, 0) is 35.2 Å². The summed E-state index contributed by atoms with van der Waals surface area (Å²) >= 11 is 0. The van der Waals surface area contributed by atoms with Crippen molar-refractivity contribution in [3.8, 4) is 34.4 Å². The fraction of sp³-hybridized carbons (Fsp3) is 0.280. The zero-order valence-electron chi connectivity index (χ0n) is 18.4. The van der Waals surface area contributed by atoms with Crippen LogP contribution in [0, 0.1) is 11.8 Å². The predicted octanol–water partition coefficient (Wildman–Crippen LogP) is 3.91. The van der Waals surface area contributed by atoms with E-state index in [-0.39, 0.29) is 5.69 Å². The van der Waals surface area contributed by atoms with Crippen molar-refractivity contribution in [3.63, 3.8) is 0 Å². The summed E-state index contributed by atoms with van der Waals surface area (Å²) in [4.78, 5) is 13.0. The zero-order valence-corrected chi connectivity index (χ0v) is 18.4. The van der Waals surface area contributed by atoms with Gasteiger partial charge in [-0.2, -0.15) is 5.21 Å². The molecule has 0 aliphatic rings. The maximum absolute atomic E-state index is 13.0. The van der Waals surface area contributed by atoms with Crippen molar-refractivity contribution in [3.05, 3.63) is 76.5 Å². The van der Waals surface area contributed by atoms with Gasteiger partial charge < -0.3 is 0 Å². The minimum absolute atomic E-state index is 0.0258. The summed E-state index contributed by atoms with van der Waals surface area (Å²) in [5, 5.41) is 14.4. The van der Waals surface area contributed by atoms with Crippen LogP contribution in [0.2, 0.25) is 0 Å². The second kappa shape index (κ2) is 9.92. The summed E-state index contributed by atoms with van der Waals surface area (Å²) in [6, 6.07) is 16.2. The first-order valence-corrected chi connectivity index (χ1v) is 10.8. The molecule has 0 atom stereocenters. The lowest BCUT2D eigenvalue weighted by Gasteiger charge is -2.09. The Bertz CT molecular complexity index is 1290. The van der Waals surface area contributed by atoms with Gasteiger partial charge in [0.15, 0.2) is 0 Å². The summed E-state index contributed by atoms with van der Waals surface area (Å²) in [6.07, 6.45) is 4.56. The van der Waals surface area contributed by atoms with Gasteiger partial charge in [0, 0.05) is 18.3 Å². The zero-order chi connectivity index (χ0) is 22.3. The molecule has 0 saturated carbocycles. The number of hydrogen-bond acceptors (Lipinski definition) is 4. The number of tetrazole rings is 1. The van der Waals surface area contributed by atoms with E-state index < -0.39 is 0 Å². The molecular formula is C25H26N6O. The van der Waals surface area contributed by atoms with Crippen LogP contribution < -0.4 is 5.69 Å². The Morgan fingerprint density at radius 3 is 2.53 bits per heavy atom. The van der Waals surface area contributed by atoms with Crippen molar-refractivity contribution in [2.75, 3.05) is 0 Å². The number of rotatable bonds is 8. The lowest BCUT2D eigenvalue weighted by atomic mass is 9.98. The molecule has 0 fully saturated rings. The molecule has 0 unspecified atom stereocenters. The number of aromatic nitrogens is 6. The van der Waals surface area contributed by atoms with Crippen molar-refractivity contribution in [1.82, 2.24) is 29.8 Å². The summed E-state index contributed by atoms with van der Waals surface area (Å²) in [5.74, 6) is 6.59. The fourth-order valence-corrected chi connectivity index (χ4v) is 3.74. The molecular weight excluding hydrogens is 400 g/mol. The van der Waals surface area contributed by atoms with Crippen LogP contribution in [-0.2, 0) is 19.5 Å². The largest absolute Gasteiger partial charge is 0.328 e. The molecule has 1 N–H and O–H groups in total. The van der Waals surface area contributed by atoms with E-state index in [1.54, 1.807) is 0 Å². The average Bonchev–Trinajstić information content (AvgIpc) is 3.46. The highest BCUT2D eigenvalue weighted by Gasteiger charge is 2.13. The average molecular weight is 427 g/mol. The second-order valence-corrected chi connectivity index (χ2v) is 7.62. The fourth-order valence-electron chi connectivity index (χ4n) is 3.74. The van der Waals surface area contributed by atoms with E-state index in [0.717, 1.165) is 47.3 Å². The highest BCUT2D eigenvalue weighted by atomic mass is 16.1. The van der Waals surface area contributed by atoms with Crippen LogP contribution >= 0.6 is 0 Å². The van der Waals surface area contributed by atoms with Gasteiger partial charge in [-0.1, -0.05) is 67.8 Å². The van der Waals surface area contributed by atoms with Gasteiger partial charge in [0.1, 0.15) is 0 Å². The Hall–Kier alpha value is -3.92. The SMILES string of the molecule is CC#CCc1cn(CCCC)c(=O)n1Cc1ccc(-c2ccccc2-c2nn[nH]n2)cc1. The van der Waals surface area contributed by atoms with E-state index in [9.17, 15) is 4.79 Å². The number of unbranched alkanes of at least 4 members (excludes halogenated alkanes) is 1. The summed E-state index contributed by atoms with van der Waals surface area (Å²) in [7, 11) is 0. The van der Waals surface area contributed by atoms with E-state index in [1.165, 1.54) is 0 Å². The highest BCUT2D eigenvalue weighted by Crippen LogP contribution is 2.29. The third-order valence-electron chi connectivity index (χ3n) is 5.45. The monoisotopic (exact) mass is 426 g/mol. The Balaban J connectivity index is 1.62. The van der Waals surface area contributed by atoms with Crippen molar-refractivity contribution < 1.29 is 0 Å². The first kappa shape index (κ1) is 21.3. The maximum atomic E-state index is 13.0. The van der Waals surface area contributed by atoms with Gasteiger partial charge in [-0.3, -0.25) is 9.13 Å². The Morgan fingerprint density at radius 1 is 1.06 bits per heavy atom. The molecule has 0 aliphatic heterocycles. The van der Waals surface area contributed by atoms with Crippen LogP contribution in [-0.4, -0.2) is 29.8 Å². The molecule has 4 rings (SSSR count). The number of nitrogens with one attached hydrogen (secondary N) is 1.